The standard InChI is InChI=1S/C17H24N4O3S2/c1-5-13-18-9-26-21(13)19-16(23)17(3,4)20-10-24-11(2)14(15(20)22)12-6-7-25-8-12/h6-8,13,18H,5,9-10H2,1-4H3,(H,19,23). The lowest BCUT2D eigenvalue weighted by atomic mass is 9.98. The summed E-state index contributed by atoms with van der Waals surface area (Å²) in [4.78, 5) is 27.6. The number of hydrazine groups is 1. The number of amides is 2. The molecule has 1 unspecified atom stereocenters. The highest BCUT2D eigenvalue weighted by atomic mass is 32.2. The van der Waals surface area contributed by atoms with Crippen LogP contribution in [0.25, 0.3) is 5.57 Å². The molecular weight excluding hydrogens is 372 g/mol. The fraction of sp³-hybridized carbons (Fsp3) is 0.529. The van der Waals surface area contributed by atoms with Crippen molar-refractivity contribution in [3.63, 3.8) is 0 Å². The number of hydrogen-bond acceptors (Lipinski definition) is 7. The van der Waals surface area contributed by atoms with Gasteiger partial charge in [0.1, 0.15) is 11.3 Å². The molecule has 0 bridgehead atoms. The predicted molar refractivity (Wildman–Crippen MR) is 103 cm³/mol. The van der Waals surface area contributed by atoms with E-state index in [9.17, 15) is 9.59 Å². The van der Waals surface area contributed by atoms with Crippen LogP contribution in [-0.4, -0.2) is 45.4 Å². The van der Waals surface area contributed by atoms with Crippen LogP contribution in [0.2, 0.25) is 0 Å². The zero-order valence-electron chi connectivity index (χ0n) is 15.4. The molecule has 3 heterocycles. The minimum Gasteiger partial charge on any atom is -0.477 e. The number of ether oxygens (including phenoxy) is 1. The number of nitrogens with zero attached hydrogens (tertiary/aromatic N) is 2. The SMILES string of the molecule is CCC1NCSN1NC(=O)C(C)(C)N1COC(C)=C(c2ccsc2)C1=O. The van der Waals surface area contributed by atoms with Crippen molar-refractivity contribution in [2.45, 2.75) is 45.8 Å². The van der Waals surface area contributed by atoms with Crippen LogP contribution in [0.3, 0.4) is 0 Å². The molecule has 0 aliphatic carbocycles. The van der Waals surface area contributed by atoms with Crippen LogP contribution in [0.4, 0.5) is 0 Å². The largest absolute Gasteiger partial charge is 0.477 e. The molecule has 0 aromatic carbocycles. The Bertz CT molecular complexity index is 718. The van der Waals surface area contributed by atoms with E-state index in [4.69, 9.17) is 4.74 Å². The van der Waals surface area contributed by atoms with Crippen LogP contribution < -0.4 is 10.7 Å². The molecule has 1 aromatic rings. The van der Waals surface area contributed by atoms with E-state index in [1.807, 2.05) is 21.2 Å². The summed E-state index contributed by atoms with van der Waals surface area (Å²) in [6.45, 7) is 7.38. The van der Waals surface area contributed by atoms with Crippen molar-refractivity contribution in [1.29, 1.82) is 0 Å². The summed E-state index contributed by atoms with van der Waals surface area (Å²) in [5, 5.41) is 7.13. The Balaban J connectivity index is 1.78. The summed E-state index contributed by atoms with van der Waals surface area (Å²) >= 11 is 3.03. The van der Waals surface area contributed by atoms with E-state index in [2.05, 4.69) is 17.7 Å². The first-order valence-corrected chi connectivity index (χ1v) is 10.4. The Morgan fingerprint density at radius 2 is 2.27 bits per heavy atom. The van der Waals surface area contributed by atoms with Crippen LogP contribution in [0.5, 0.6) is 0 Å². The topological polar surface area (TPSA) is 73.9 Å². The molecule has 3 rings (SSSR count). The van der Waals surface area contributed by atoms with E-state index < -0.39 is 5.54 Å². The van der Waals surface area contributed by atoms with Gasteiger partial charge in [-0.3, -0.25) is 25.2 Å². The van der Waals surface area contributed by atoms with E-state index in [0.29, 0.717) is 11.3 Å². The lowest BCUT2D eigenvalue weighted by Crippen LogP contribution is -2.61. The zero-order valence-corrected chi connectivity index (χ0v) is 17.0. The van der Waals surface area contributed by atoms with E-state index in [1.165, 1.54) is 28.2 Å². The van der Waals surface area contributed by atoms with Gasteiger partial charge in [0.05, 0.1) is 17.6 Å². The predicted octanol–water partition coefficient (Wildman–Crippen LogP) is 2.35. The maximum atomic E-state index is 13.1. The third kappa shape index (κ3) is 3.48. The highest BCUT2D eigenvalue weighted by Gasteiger charge is 2.43. The van der Waals surface area contributed by atoms with Crippen LogP contribution in [-0.2, 0) is 14.3 Å². The van der Waals surface area contributed by atoms with Gasteiger partial charge in [-0.2, -0.15) is 11.3 Å². The smallest absolute Gasteiger partial charge is 0.261 e. The van der Waals surface area contributed by atoms with Gasteiger partial charge < -0.3 is 4.74 Å². The molecule has 1 fully saturated rings. The average molecular weight is 397 g/mol. The van der Waals surface area contributed by atoms with Gasteiger partial charge in [0.2, 0.25) is 0 Å². The van der Waals surface area contributed by atoms with Gasteiger partial charge in [-0.15, -0.1) is 4.41 Å². The molecule has 142 valence electrons. The third-order valence-corrected chi connectivity index (χ3v) is 6.27. The Labute approximate surface area is 161 Å². The summed E-state index contributed by atoms with van der Waals surface area (Å²) in [6, 6.07) is 1.89. The summed E-state index contributed by atoms with van der Waals surface area (Å²) in [6.07, 6.45) is 0.945. The number of carbonyl (C=O) groups excluding carboxylic acids is 2. The molecule has 26 heavy (non-hydrogen) atoms. The molecular formula is C17H24N4O3S2. The fourth-order valence-corrected chi connectivity index (χ4v) is 4.49. The quantitative estimate of drug-likeness (QED) is 0.745. The molecule has 0 saturated carbocycles. The van der Waals surface area contributed by atoms with Crippen molar-refractivity contribution in [2.75, 3.05) is 12.6 Å². The van der Waals surface area contributed by atoms with Crippen molar-refractivity contribution in [2.24, 2.45) is 0 Å². The molecule has 0 radical (unpaired) electrons. The molecule has 0 spiro atoms. The number of thiophene rings is 1. The molecule has 7 nitrogen and oxygen atoms in total. The lowest BCUT2D eigenvalue weighted by Gasteiger charge is -2.40. The number of hydrogen-bond donors (Lipinski definition) is 2. The maximum absolute atomic E-state index is 13.1. The number of carbonyl (C=O) groups is 2. The van der Waals surface area contributed by atoms with E-state index >= 15 is 0 Å². The molecule has 1 aromatic heterocycles. The molecule has 1 saturated heterocycles. The second-order valence-corrected chi connectivity index (χ2v) is 8.40. The van der Waals surface area contributed by atoms with Gasteiger partial charge in [0, 0.05) is 5.56 Å². The lowest BCUT2D eigenvalue weighted by molar-refractivity contribution is -0.151. The summed E-state index contributed by atoms with van der Waals surface area (Å²) in [7, 11) is 0. The fourth-order valence-electron chi connectivity index (χ4n) is 2.88. The molecule has 9 heteroatoms. The first-order chi connectivity index (χ1) is 12.4. The minimum atomic E-state index is -1.06. The molecule has 2 N–H and O–H groups in total. The zero-order chi connectivity index (χ0) is 18.9. The van der Waals surface area contributed by atoms with Gasteiger partial charge in [0.15, 0.2) is 6.73 Å². The number of rotatable bonds is 5. The van der Waals surface area contributed by atoms with Crippen molar-refractivity contribution in [3.05, 3.63) is 28.1 Å². The highest BCUT2D eigenvalue weighted by molar-refractivity contribution is 7.97. The van der Waals surface area contributed by atoms with Gasteiger partial charge >= 0.3 is 0 Å². The molecule has 1 atom stereocenters. The van der Waals surface area contributed by atoms with E-state index in [1.54, 1.807) is 20.8 Å². The van der Waals surface area contributed by atoms with Gasteiger partial charge in [-0.05, 0) is 56.0 Å². The van der Waals surface area contributed by atoms with Gasteiger partial charge in [0.25, 0.3) is 11.8 Å². The van der Waals surface area contributed by atoms with Crippen LogP contribution >= 0.6 is 23.3 Å². The Hall–Kier alpha value is -1.55. The summed E-state index contributed by atoms with van der Waals surface area (Å²) < 4.78 is 7.54. The molecule has 2 aliphatic heterocycles. The summed E-state index contributed by atoms with van der Waals surface area (Å²) in [5.74, 6) is 0.904. The highest BCUT2D eigenvalue weighted by Crippen LogP contribution is 2.32. The van der Waals surface area contributed by atoms with Crippen LogP contribution in [0, 0.1) is 0 Å². The Morgan fingerprint density at radius 3 is 2.92 bits per heavy atom. The Morgan fingerprint density at radius 1 is 1.50 bits per heavy atom. The maximum Gasteiger partial charge on any atom is 0.261 e. The monoisotopic (exact) mass is 396 g/mol. The van der Waals surface area contributed by atoms with Crippen LogP contribution in [0.15, 0.2) is 22.6 Å². The van der Waals surface area contributed by atoms with Crippen molar-refractivity contribution in [3.8, 4) is 0 Å². The van der Waals surface area contributed by atoms with Gasteiger partial charge in [-0.25, -0.2) is 0 Å². The second-order valence-electron chi connectivity index (χ2n) is 6.68. The Kier molecular flexibility index (Phi) is 5.61. The van der Waals surface area contributed by atoms with Gasteiger partial charge in [-0.1, -0.05) is 6.92 Å². The summed E-state index contributed by atoms with van der Waals surface area (Å²) in [5.41, 5.74) is 3.21. The normalized spacial score (nSPS) is 21.9. The van der Waals surface area contributed by atoms with Crippen molar-refractivity contribution >= 4 is 40.7 Å². The average Bonchev–Trinajstić information content (AvgIpc) is 3.26. The molecule has 2 amide bonds. The van der Waals surface area contributed by atoms with Crippen molar-refractivity contribution < 1.29 is 14.3 Å². The number of allylic oxidation sites excluding steroid dienone is 1. The number of nitrogens with one attached hydrogen (secondary N) is 2. The van der Waals surface area contributed by atoms with Crippen molar-refractivity contribution in [1.82, 2.24) is 20.1 Å². The minimum absolute atomic E-state index is 0.0569. The first-order valence-electron chi connectivity index (χ1n) is 8.51. The second kappa shape index (κ2) is 7.59. The third-order valence-electron chi connectivity index (χ3n) is 4.67. The van der Waals surface area contributed by atoms with Crippen LogP contribution in [0.1, 0.15) is 39.7 Å². The van der Waals surface area contributed by atoms with E-state index in [0.717, 1.165) is 17.9 Å². The first kappa shape index (κ1) is 19.2. The molecule has 2 aliphatic rings. The van der Waals surface area contributed by atoms with E-state index in [-0.39, 0.29) is 24.7 Å².